The number of ether oxygens (including phenoxy) is 1. The molecule has 0 fully saturated rings. The van der Waals surface area contributed by atoms with Crippen LogP contribution in [0.5, 0.6) is 5.75 Å². The van der Waals surface area contributed by atoms with Crippen LogP contribution >= 0.6 is 0 Å². The lowest BCUT2D eigenvalue weighted by atomic mass is 10.1. The van der Waals surface area contributed by atoms with Gasteiger partial charge in [0.1, 0.15) is 12.4 Å². The third-order valence-corrected chi connectivity index (χ3v) is 2.89. The second kappa shape index (κ2) is 8.53. The van der Waals surface area contributed by atoms with E-state index in [1.54, 1.807) is 0 Å². The number of carbonyl (C=O) groups excluding carboxylic acids is 1. The SMILES string of the molecule is CCCCNCc1ccc(OCC(=O)[O-])c(CC)c1. The van der Waals surface area contributed by atoms with Crippen LogP contribution in [0.1, 0.15) is 37.8 Å². The van der Waals surface area contributed by atoms with E-state index in [1.165, 1.54) is 18.4 Å². The molecular weight excluding hydrogens is 242 g/mol. The van der Waals surface area contributed by atoms with Crippen molar-refractivity contribution in [2.75, 3.05) is 13.2 Å². The predicted molar refractivity (Wildman–Crippen MR) is 72.9 cm³/mol. The molecular formula is C15H22NO3-. The van der Waals surface area contributed by atoms with Crippen LogP contribution in [0.25, 0.3) is 0 Å². The normalized spacial score (nSPS) is 10.4. The van der Waals surface area contributed by atoms with Crippen molar-refractivity contribution in [2.45, 2.75) is 39.7 Å². The number of benzene rings is 1. The summed E-state index contributed by atoms with van der Waals surface area (Å²) in [5.74, 6) is -0.573. The minimum absolute atomic E-state index is 0.402. The Bertz CT molecular complexity index is 404. The fraction of sp³-hybridized carbons (Fsp3) is 0.533. The highest BCUT2D eigenvalue weighted by Gasteiger charge is 2.04. The van der Waals surface area contributed by atoms with Crippen LogP contribution in [-0.2, 0) is 17.8 Å². The Morgan fingerprint density at radius 1 is 1.37 bits per heavy atom. The first-order chi connectivity index (χ1) is 9.17. The van der Waals surface area contributed by atoms with Crippen LogP contribution in [0.3, 0.4) is 0 Å². The highest BCUT2D eigenvalue weighted by Crippen LogP contribution is 2.20. The Morgan fingerprint density at radius 3 is 2.79 bits per heavy atom. The summed E-state index contributed by atoms with van der Waals surface area (Å²) in [6, 6.07) is 5.85. The number of carboxylic acid groups (broad SMARTS) is 1. The Labute approximate surface area is 114 Å². The molecule has 0 saturated carbocycles. The number of aryl methyl sites for hydroxylation is 1. The number of rotatable bonds is 9. The Kier molecular flexibility index (Phi) is 6.97. The number of hydrogen-bond acceptors (Lipinski definition) is 4. The minimum atomic E-state index is -1.20. The number of carbonyl (C=O) groups is 1. The molecule has 0 aliphatic carbocycles. The van der Waals surface area contributed by atoms with Gasteiger partial charge in [-0.05, 0) is 36.6 Å². The molecule has 0 aliphatic rings. The summed E-state index contributed by atoms with van der Waals surface area (Å²) in [7, 11) is 0. The maximum absolute atomic E-state index is 10.4. The summed E-state index contributed by atoms with van der Waals surface area (Å²) < 4.78 is 5.21. The van der Waals surface area contributed by atoms with Gasteiger partial charge >= 0.3 is 0 Å². The van der Waals surface area contributed by atoms with Gasteiger partial charge in [-0.25, -0.2) is 0 Å². The van der Waals surface area contributed by atoms with E-state index >= 15 is 0 Å². The number of aliphatic carboxylic acids is 1. The zero-order valence-electron chi connectivity index (χ0n) is 11.7. The van der Waals surface area contributed by atoms with Crippen molar-refractivity contribution >= 4 is 5.97 Å². The topological polar surface area (TPSA) is 61.4 Å². The van der Waals surface area contributed by atoms with Crippen LogP contribution in [0, 0.1) is 0 Å². The predicted octanol–water partition coefficient (Wildman–Crippen LogP) is 1.27. The monoisotopic (exact) mass is 264 g/mol. The first kappa shape index (κ1) is 15.5. The van der Waals surface area contributed by atoms with Gasteiger partial charge in [0.05, 0.1) is 5.97 Å². The van der Waals surface area contributed by atoms with Gasteiger partial charge in [0.15, 0.2) is 0 Å². The maximum Gasteiger partial charge on any atom is 0.128 e. The number of nitrogens with one attached hydrogen (secondary N) is 1. The molecule has 1 rings (SSSR count). The summed E-state index contributed by atoms with van der Waals surface area (Å²) in [5, 5.41) is 13.8. The van der Waals surface area contributed by atoms with Crippen molar-refractivity contribution in [3.63, 3.8) is 0 Å². The third-order valence-electron chi connectivity index (χ3n) is 2.89. The first-order valence-electron chi connectivity index (χ1n) is 6.82. The van der Waals surface area contributed by atoms with Crippen LogP contribution in [0.2, 0.25) is 0 Å². The zero-order chi connectivity index (χ0) is 14.1. The summed E-state index contributed by atoms with van der Waals surface area (Å²) in [4.78, 5) is 10.4. The summed E-state index contributed by atoms with van der Waals surface area (Å²) in [6.45, 7) is 5.63. The van der Waals surface area contributed by atoms with E-state index in [0.29, 0.717) is 5.75 Å². The Morgan fingerprint density at radius 2 is 2.16 bits per heavy atom. The number of carboxylic acids is 1. The van der Waals surface area contributed by atoms with E-state index in [2.05, 4.69) is 18.3 Å². The number of unbranched alkanes of at least 4 members (excludes halogenated alkanes) is 1. The van der Waals surface area contributed by atoms with Gasteiger partial charge in [0.2, 0.25) is 0 Å². The third kappa shape index (κ3) is 5.75. The lowest BCUT2D eigenvalue weighted by molar-refractivity contribution is -0.307. The molecule has 4 heteroatoms. The van der Waals surface area contributed by atoms with Crippen molar-refractivity contribution in [1.29, 1.82) is 0 Å². The minimum Gasteiger partial charge on any atom is -0.546 e. The van der Waals surface area contributed by atoms with E-state index in [-0.39, 0.29) is 0 Å². The Hall–Kier alpha value is -1.55. The molecule has 106 valence electrons. The number of hydrogen-bond donors (Lipinski definition) is 1. The van der Waals surface area contributed by atoms with Gasteiger partial charge < -0.3 is 20.0 Å². The molecule has 1 aromatic rings. The largest absolute Gasteiger partial charge is 0.546 e. The van der Waals surface area contributed by atoms with Crippen LogP contribution in [0.4, 0.5) is 0 Å². The molecule has 0 saturated heterocycles. The average Bonchev–Trinajstić information content (AvgIpc) is 2.41. The fourth-order valence-electron chi connectivity index (χ4n) is 1.83. The molecule has 0 bridgehead atoms. The van der Waals surface area contributed by atoms with Crippen molar-refractivity contribution in [2.24, 2.45) is 0 Å². The molecule has 0 unspecified atom stereocenters. The molecule has 1 aromatic carbocycles. The smallest absolute Gasteiger partial charge is 0.128 e. The second-order valence-corrected chi connectivity index (χ2v) is 4.49. The van der Waals surface area contributed by atoms with Crippen LogP contribution in [0.15, 0.2) is 18.2 Å². The average molecular weight is 264 g/mol. The fourth-order valence-corrected chi connectivity index (χ4v) is 1.83. The van der Waals surface area contributed by atoms with E-state index in [1.807, 2.05) is 19.1 Å². The second-order valence-electron chi connectivity index (χ2n) is 4.49. The molecule has 0 aromatic heterocycles. The lowest BCUT2D eigenvalue weighted by Crippen LogP contribution is -2.29. The van der Waals surface area contributed by atoms with E-state index in [0.717, 1.165) is 25.1 Å². The quantitative estimate of drug-likeness (QED) is 0.682. The van der Waals surface area contributed by atoms with Gasteiger partial charge in [-0.3, -0.25) is 0 Å². The van der Waals surface area contributed by atoms with Gasteiger partial charge in [-0.2, -0.15) is 0 Å². The molecule has 0 radical (unpaired) electrons. The summed E-state index contributed by atoms with van der Waals surface area (Å²) >= 11 is 0. The highest BCUT2D eigenvalue weighted by molar-refractivity contribution is 5.66. The van der Waals surface area contributed by atoms with Crippen LogP contribution in [-0.4, -0.2) is 19.1 Å². The van der Waals surface area contributed by atoms with Gasteiger partial charge in [-0.15, -0.1) is 0 Å². The van der Waals surface area contributed by atoms with Crippen LogP contribution < -0.4 is 15.2 Å². The molecule has 0 atom stereocenters. The summed E-state index contributed by atoms with van der Waals surface area (Å²) in [5.41, 5.74) is 2.21. The zero-order valence-corrected chi connectivity index (χ0v) is 11.7. The standard InChI is InChI=1S/C15H23NO3/c1-3-5-8-16-10-12-6-7-14(13(4-2)9-12)19-11-15(17)18/h6-7,9,16H,3-5,8,10-11H2,1-2H3,(H,17,18)/p-1. The molecule has 0 heterocycles. The molecule has 4 nitrogen and oxygen atoms in total. The lowest BCUT2D eigenvalue weighted by Gasteiger charge is -2.13. The molecule has 1 N–H and O–H groups in total. The van der Waals surface area contributed by atoms with E-state index in [9.17, 15) is 9.90 Å². The Balaban J connectivity index is 2.59. The van der Waals surface area contributed by atoms with E-state index in [4.69, 9.17) is 4.74 Å². The van der Waals surface area contributed by atoms with Gasteiger partial charge in [-0.1, -0.05) is 32.4 Å². The van der Waals surface area contributed by atoms with Crippen molar-refractivity contribution in [1.82, 2.24) is 5.32 Å². The molecule has 0 spiro atoms. The van der Waals surface area contributed by atoms with Gasteiger partial charge in [0, 0.05) is 6.54 Å². The highest BCUT2D eigenvalue weighted by atomic mass is 16.5. The van der Waals surface area contributed by atoms with Gasteiger partial charge in [0.25, 0.3) is 0 Å². The molecule has 0 amide bonds. The molecule has 19 heavy (non-hydrogen) atoms. The molecule has 0 aliphatic heterocycles. The van der Waals surface area contributed by atoms with Crippen molar-refractivity contribution in [3.8, 4) is 5.75 Å². The van der Waals surface area contributed by atoms with Crippen molar-refractivity contribution < 1.29 is 14.6 Å². The first-order valence-corrected chi connectivity index (χ1v) is 6.82. The van der Waals surface area contributed by atoms with E-state index < -0.39 is 12.6 Å². The summed E-state index contributed by atoms with van der Waals surface area (Å²) in [6.07, 6.45) is 3.17. The maximum atomic E-state index is 10.4. The van der Waals surface area contributed by atoms with Crippen molar-refractivity contribution in [3.05, 3.63) is 29.3 Å².